The molecule has 0 aliphatic carbocycles. The largest absolute Gasteiger partial charge is 0.573 e. The van der Waals surface area contributed by atoms with Crippen LogP contribution in [0.1, 0.15) is 32.3 Å². The third kappa shape index (κ3) is 5.88. The second-order valence-corrected chi connectivity index (χ2v) is 8.81. The number of carbonyl (C=O) groups excluding carboxylic acids is 1. The number of aliphatic hydroxyl groups excluding tert-OH is 1. The van der Waals surface area contributed by atoms with Crippen molar-refractivity contribution < 1.29 is 27.8 Å². The van der Waals surface area contributed by atoms with Crippen molar-refractivity contribution in [3.05, 3.63) is 29.8 Å². The lowest BCUT2D eigenvalue weighted by Gasteiger charge is -2.37. The zero-order chi connectivity index (χ0) is 21.9. The van der Waals surface area contributed by atoms with Gasteiger partial charge < -0.3 is 14.7 Å². The lowest BCUT2D eigenvalue weighted by molar-refractivity contribution is -0.274. The van der Waals surface area contributed by atoms with E-state index in [0.29, 0.717) is 18.4 Å². The van der Waals surface area contributed by atoms with E-state index in [1.807, 2.05) is 18.7 Å². The summed E-state index contributed by atoms with van der Waals surface area (Å²) in [7, 11) is 0. The highest BCUT2D eigenvalue weighted by Crippen LogP contribution is 2.36. The van der Waals surface area contributed by atoms with E-state index in [1.165, 1.54) is 12.1 Å². The Labute approximate surface area is 175 Å². The van der Waals surface area contributed by atoms with Gasteiger partial charge in [-0.2, -0.15) is 0 Å². The molecular weight excluding hydrogens is 397 g/mol. The van der Waals surface area contributed by atoms with Gasteiger partial charge in [-0.05, 0) is 48.3 Å². The second kappa shape index (κ2) is 9.56. The number of benzene rings is 1. The first-order valence-corrected chi connectivity index (χ1v) is 10.6. The van der Waals surface area contributed by atoms with E-state index in [9.17, 15) is 23.1 Å². The van der Waals surface area contributed by atoms with Gasteiger partial charge in [0.25, 0.3) is 0 Å². The summed E-state index contributed by atoms with van der Waals surface area (Å²) in [5.41, 5.74) is 0.916. The van der Waals surface area contributed by atoms with Gasteiger partial charge in [0.05, 0.1) is 0 Å². The number of amides is 1. The number of hydrogen-bond acceptors (Lipinski definition) is 4. The van der Waals surface area contributed by atoms with Crippen LogP contribution in [-0.2, 0) is 11.3 Å². The highest BCUT2D eigenvalue weighted by Gasteiger charge is 2.39. The first-order valence-electron chi connectivity index (χ1n) is 10.6. The van der Waals surface area contributed by atoms with Crippen LogP contribution in [0, 0.1) is 23.7 Å². The summed E-state index contributed by atoms with van der Waals surface area (Å²) in [6.07, 6.45) is -2.78. The predicted molar refractivity (Wildman–Crippen MR) is 107 cm³/mol. The number of piperidine rings is 1. The Morgan fingerprint density at radius 2 is 1.80 bits per heavy atom. The van der Waals surface area contributed by atoms with Crippen LogP contribution in [-0.4, -0.2) is 60.0 Å². The predicted octanol–water partition coefficient (Wildman–Crippen LogP) is 3.52. The fraction of sp³-hybridized carbons (Fsp3) is 0.682. The van der Waals surface area contributed by atoms with E-state index < -0.39 is 6.36 Å². The third-order valence-electron chi connectivity index (χ3n) is 6.32. The minimum atomic E-state index is -4.69. The van der Waals surface area contributed by atoms with Gasteiger partial charge in [0, 0.05) is 45.2 Å². The highest BCUT2D eigenvalue weighted by atomic mass is 19.4. The summed E-state index contributed by atoms with van der Waals surface area (Å²) in [5, 5.41) is 9.89. The topological polar surface area (TPSA) is 53.0 Å². The van der Waals surface area contributed by atoms with Gasteiger partial charge in [-0.15, -0.1) is 13.2 Å². The van der Waals surface area contributed by atoms with Crippen LogP contribution in [0.15, 0.2) is 24.3 Å². The van der Waals surface area contributed by atoms with Gasteiger partial charge >= 0.3 is 6.36 Å². The zero-order valence-electron chi connectivity index (χ0n) is 17.6. The number of halogens is 3. The number of hydrogen-bond donors (Lipinski definition) is 1. The first-order chi connectivity index (χ1) is 14.2. The Morgan fingerprint density at radius 3 is 2.33 bits per heavy atom. The Hall–Kier alpha value is -1.80. The van der Waals surface area contributed by atoms with E-state index in [0.717, 1.165) is 44.6 Å². The normalized spacial score (nSPS) is 23.9. The summed E-state index contributed by atoms with van der Waals surface area (Å²) in [5.74, 6) is 1.04. The van der Waals surface area contributed by atoms with Gasteiger partial charge in [-0.25, -0.2) is 0 Å². The van der Waals surface area contributed by atoms with Gasteiger partial charge in [0.2, 0.25) is 5.91 Å². The van der Waals surface area contributed by atoms with E-state index in [4.69, 9.17) is 0 Å². The number of nitrogens with zero attached hydrogens (tertiary/aromatic N) is 2. The molecule has 0 spiro atoms. The van der Waals surface area contributed by atoms with Gasteiger partial charge in [0.15, 0.2) is 0 Å². The summed E-state index contributed by atoms with van der Waals surface area (Å²) in [6.45, 7) is 7.78. The van der Waals surface area contributed by atoms with Crippen molar-refractivity contribution in [1.82, 2.24) is 9.80 Å². The molecule has 30 heavy (non-hydrogen) atoms. The van der Waals surface area contributed by atoms with E-state index in [2.05, 4.69) is 9.64 Å². The maximum absolute atomic E-state index is 12.3. The molecule has 0 saturated carbocycles. The molecule has 1 N–H and O–H groups in total. The Kier molecular flexibility index (Phi) is 7.29. The first kappa shape index (κ1) is 22.9. The van der Waals surface area contributed by atoms with Gasteiger partial charge in [-0.1, -0.05) is 26.0 Å². The van der Waals surface area contributed by atoms with Gasteiger partial charge in [-0.3, -0.25) is 9.69 Å². The molecule has 2 atom stereocenters. The second-order valence-electron chi connectivity index (χ2n) is 8.81. The molecule has 8 heteroatoms. The lowest BCUT2D eigenvalue weighted by Crippen LogP contribution is -2.43. The maximum atomic E-state index is 12.3. The van der Waals surface area contributed by atoms with Crippen LogP contribution < -0.4 is 4.74 Å². The quantitative estimate of drug-likeness (QED) is 0.753. The van der Waals surface area contributed by atoms with Crippen LogP contribution in [0.2, 0.25) is 0 Å². The van der Waals surface area contributed by atoms with Crippen molar-refractivity contribution in [3.8, 4) is 5.75 Å². The van der Waals surface area contributed by atoms with Crippen molar-refractivity contribution >= 4 is 5.91 Å². The highest BCUT2D eigenvalue weighted by molar-refractivity contribution is 5.78. The number of alkyl halides is 3. The molecule has 0 radical (unpaired) electrons. The molecule has 2 saturated heterocycles. The standard InChI is InChI=1S/C22H31F3N2O3/c1-15(2)21(29)27-9-7-17(8-10-27)20-13-26(12-18(20)14-28)11-16-3-5-19(6-4-16)30-22(23,24)25/h3-6,15,17-18,20,28H,7-14H2,1-2H3/t18-,20-/m0/s1. The Morgan fingerprint density at radius 1 is 1.17 bits per heavy atom. The zero-order valence-corrected chi connectivity index (χ0v) is 17.6. The molecular formula is C22H31F3N2O3. The summed E-state index contributed by atoms with van der Waals surface area (Å²) < 4.78 is 40.8. The fourth-order valence-electron chi connectivity index (χ4n) is 4.81. The van der Waals surface area contributed by atoms with Crippen LogP contribution in [0.3, 0.4) is 0 Å². The molecule has 1 aromatic rings. The summed E-state index contributed by atoms with van der Waals surface area (Å²) >= 11 is 0. The molecule has 0 unspecified atom stereocenters. The molecule has 2 aliphatic rings. The number of rotatable bonds is 6. The minimum absolute atomic E-state index is 0.0154. The SMILES string of the molecule is CC(C)C(=O)N1CCC([C@@H]2CN(Cc3ccc(OC(F)(F)F)cc3)C[C@H]2CO)CC1. The summed E-state index contributed by atoms with van der Waals surface area (Å²) in [4.78, 5) is 16.4. The third-order valence-corrected chi connectivity index (χ3v) is 6.32. The molecule has 2 aliphatic heterocycles. The minimum Gasteiger partial charge on any atom is -0.406 e. The maximum Gasteiger partial charge on any atom is 0.573 e. The number of carbonyl (C=O) groups is 1. The average Bonchev–Trinajstić information content (AvgIpc) is 3.10. The molecule has 0 bridgehead atoms. The van der Waals surface area contributed by atoms with Crippen LogP contribution in [0.4, 0.5) is 13.2 Å². The Bertz CT molecular complexity index is 701. The fourth-order valence-corrected chi connectivity index (χ4v) is 4.81. The van der Waals surface area contributed by atoms with Crippen molar-refractivity contribution in [2.45, 2.75) is 39.6 Å². The molecule has 1 aromatic carbocycles. The Balaban J connectivity index is 1.54. The van der Waals surface area contributed by atoms with Gasteiger partial charge in [0.1, 0.15) is 5.75 Å². The van der Waals surface area contributed by atoms with E-state index in [1.54, 1.807) is 12.1 Å². The monoisotopic (exact) mass is 428 g/mol. The molecule has 3 rings (SSSR count). The lowest BCUT2D eigenvalue weighted by atomic mass is 9.78. The average molecular weight is 428 g/mol. The van der Waals surface area contributed by atoms with Crippen LogP contribution in [0.25, 0.3) is 0 Å². The van der Waals surface area contributed by atoms with Crippen molar-refractivity contribution in [3.63, 3.8) is 0 Å². The molecule has 5 nitrogen and oxygen atoms in total. The van der Waals surface area contributed by atoms with Crippen LogP contribution >= 0.6 is 0 Å². The molecule has 1 amide bonds. The van der Waals surface area contributed by atoms with Crippen molar-refractivity contribution in [1.29, 1.82) is 0 Å². The molecule has 0 aromatic heterocycles. The summed E-state index contributed by atoms with van der Waals surface area (Å²) in [6, 6.07) is 5.97. The van der Waals surface area contributed by atoms with E-state index >= 15 is 0 Å². The number of likely N-dealkylation sites (tertiary alicyclic amines) is 2. The number of aliphatic hydroxyl groups is 1. The molecule has 2 fully saturated rings. The van der Waals surface area contributed by atoms with Crippen molar-refractivity contribution in [2.75, 3.05) is 32.8 Å². The van der Waals surface area contributed by atoms with E-state index in [-0.39, 0.29) is 30.1 Å². The van der Waals surface area contributed by atoms with Crippen molar-refractivity contribution in [2.24, 2.45) is 23.7 Å². The molecule has 2 heterocycles. The molecule has 168 valence electrons. The van der Waals surface area contributed by atoms with Crippen LogP contribution in [0.5, 0.6) is 5.75 Å². The smallest absolute Gasteiger partial charge is 0.406 e. The number of ether oxygens (including phenoxy) is 1.